The van der Waals surface area contributed by atoms with E-state index in [0.29, 0.717) is 18.1 Å². The lowest BCUT2D eigenvalue weighted by atomic mass is 9.85. The third kappa shape index (κ3) is 3.27. The molecular formula is C14H22N4O7S. The number of urea groups is 1. The van der Waals surface area contributed by atoms with Crippen LogP contribution >= 0.6 is 0 Å². The van der Waals surface area contributed by atoms with Crippen LogP contribution < -0.4 is 10.8 Å². The maximum atomic E-state index is 12.5. The minimum Gasteiger partial charge on any atom is -0.312 e. The quantitative estimate of drug-likeness (QED) is 0.395. The maximum Gasteiger partial charge on any atom is 0.418 e. The summed E-state index contributed by atoms with van der Waals surface area (Å²) in [5.74, 6) is -0.435. The third-order valence-corrected chi connectivity index (χ3v) is 6.11. The Kier molecular flexibility index (Phi) is 4.34. The Morgan fingerprint density at radius 1 is 1.42 bits per heavy atom. The first-order chi connectivity index (χ1) is 12.3. The average molecular weight is 390 g/mol. The van der Waals surface area contributed by atoms with Gasteiger partial charge in [-0.3, -0.25) is 14.2 Å². The molecule has 3 N–H and O–H groups in total. The summed E-state index contributed by atoms with van der Waals surface area (Å²) in [5, 5.41) is 3.94. The minimum atomic E-state index is -4.82. The van der Waals surface area contributed by atoms with Crippen LogP contribution in [0.15, 0.2) is 0 Å². The first-order valence-electron chi connectivity index (χ1n) is 8.71. The molecule has 3 unspecified atom stereocenters. The van der Waals surface area contributed by atoms with E-state index in [1.54, 1.807) is 0 Å². The number of hydrogen-bond donors (Lipinski definition) is 3. The molecule has 3 saturated heterocycles. The van der Waals surface area contributed by atoms with E-state index in [0.717, 1.165) is 32.2 Å². The number of nitrogens with zero attached hydrogens (tertiary/aromatic N) is 2. The molecule has 2 bridgehead atoms. The Morgan fingerprint density at radius 2 is 2.19 bits per heavy atom. The largest absolute Gasteiger partial charge is 0.418 e. The van der Waals surface area contributed by atoms with Gasteiger partial charge in [0.25, 0.3) is 5.91 Å². The van der Waals surface area contributed by atoms with Crippen LogP contribution in [0.25, 0.3) is 0 Å². The summed E-state index contributed by atoms with van der Waals surface area (Å²) in [6.07, 6.45) is 3.99. The van der Waals surface area contributed by atoms with Crippen molar-refractivity contribution in [2.24, 2.45) is 5.41 Å². The molecular weight excluding hydrogens is 368 g/mol. The lowest BCUT2D eigenvalue weighted by molar-refractivity contribution is -0.140. The smallest absolute Gasteiger partial charge is 0.312 e. The lowest BCUT2D eigenvalue weighted by Crippen LogP contribution is -2.53. The molecule has 0 radical (unpaired) electrons. The van der Waals surface area contributed by atoms with Crippen molar-refractivity contribution >= 4 is 22.3 Å². The molecule has 3 heterocycles. The molecule has 3 atom stereocenters. The Balaban J connectivity index is 1.42. The zero-order valence-electron chi connectivity index (χ0n) is 14.1. The number of hydroxylamine groups is 3. The van der Waals surface area contributed by atoms with Crippen molar-refractivity contribution in [3.8, 4) is 0 Å². The molecule has 146 valence electrons. The van der Waals surface area contributed by atoms with Crippen LogP contribution in [0.4, 0.5) is 4.79 Å². The fourth-order valence-corrected chi connectivity index (χ4v) is 4.60. The molecule has 1 aliphatic carbocycles. The Labute approximate surface area is 150 Å². The number of carbonyl (C=O) groups is 2. The number of nitrogens with one attached hydrogen (secondary N) is 2. The summed E-state index contributed by atoms with van der Waals surface area (Å²) in [5.41, 5.74) is 2.05. The van der Waals surface area contributed by atoms with Gasteiger partial charge in [-0.2, -0.15) is 13.5 Å². The van der Waals surface area contributed by atoms with E-state index in [1.807, 2.05) is 0 Å². The van der Waals surface area contributed by atoms with Crippen molar-refractivity contribution in [1.29, 1.82) is 0 Å². The van der Waals surface area contributed by atoms with Crippen LogP contribution in [-0.4, -0.2) is 72.7 Å². The molecule has 4 rings (SSSR count). The lowest BCUT2D eigenvalue weighted by Gasteiger charge is -2.35. The van der Waals surface area contributed by atoms with Crippen molar-refractivity contribution in [2.75, 3.05) is 19.7 Å². The highest BCUT2D eigenvalue weighted by molar-refractivity contribution is 7.80. The third-order valence-electron chi connectivity index (χ3n) is 5.76. The molecule has 26 heavy (non-hydrogen) atoms. The van der Waals surface area contributed by atoms with Gasteiger partial charge >= 0.3 is 16.4 Å². The van der Waals surface area contributed by atoms with Crippen molar-refractivity contribution in [3.63, 3.8) is 0 Å². The molecule has 4 aliphatic rings. The monoisotopic (exact) mass is 390 g/mol. The Morgan fingerprint density at radius 3 is 2.81 bits per heavy atom. The fourth-order valence-electron chi connectivity index (χ4n) is 4.23. The summed E-state index contributed by atoms with van der Waals surface area (Å²) < 4.78 is 35.5. The predicted octanol–water partition coefficient (Wildman–Crippen LogP) is -0.821. The van der Waals surface area contributed by atoms with Gasteiger partial charge in [0.1, 0.15) is 6.04 Å². The molecule has 3 amide bonds. The molecule has 11 nitrogen and oxygen atoms in total. The molecule has 3 aliphatic heterocycles. The summed E-state index contributed by atoms with van der Waals surface area (Å²) in [6, 6.07) is -1.79. The maximum absolute atomic E-state index is 12.5. The van der Waals surface area contributed by atoms with E-state index in [9.17, 15) is 18.0 Å². The average Bonchev–Trinajstić information content (AvgIpc) is 3.02. The van der Waals surface area contributed by atoms with Crippen LogP contribution in [0, 0.1) is 5.41 Å². The van der Waals surface area contributed by atoms with Crippen molar-refractivity contribution in [2.45, 2.75) is 50.2 Å². The van der Waals surface area contributed by atoms with E-state index in [1.165, 1.54) is 4.90 Å². The minimum absolute atomic E-state index is 0.177. The van der Waals surface area contributed by atoms with Crippen molar-refractivity contribution < 1.29 is 31.7 Å². The number of piperidine rings is 1. The first kappa shape index (κ1) is 17.9. The van der Waals surface area contributed by atoms with Gasteiger partial charge < -0.3 is 10.2 Å². The van der Waals surface area contributed by atoms with Crippen LogP contribution in [-0.2, 0) is 24.3 Å². The Bertz CT molecular complexity index is 704. The van der Waals surface area contributed by atoms with E-state index in [4.69, 9.17) is 9.39 Å². The number of carbonyl (C=O) groups excluding carboxylic acids is 2. The topological polar surface area (TPSA) is 138 Å². The van der Waals surface area contributed by atoms with Crippen LogP contribution in [0.3, 0.4) is 0 Å². The normalized spacial score (nSPS) is 32.3. The second-order valence-corrected chi connectivity index (χ2v) is 8.44. The van der Waals surface area contributed by atoms with Gasteiger partial charge in [0.15, 0.2) is 0 Å². The van der Waals surface area contributed by atoms with Gasteiger partial charge in [-0.25, -0.2) is 10.3 Å². The molecule has 4 fully saturated rings. The van der Waals surface area contributed by atoms with E-state index in [-0.39, 0.29) is 18.0 Å². The highest BCUT2D eigenvalue weighted by Crippen LogP contribution is 2.59. The number of hydrogen-bond acceptors (Lipinski definition) is 7. The highest BCUT2D eigenvalue weighted by atomic mass is 32.3. The zero-order chi connectivity index (χ0) is 18.5. The molecule has 0 aromatic heterocycles. The predicted molar refractivity (Wildman–Crippen MR) is 85.6 cm³/mol. The van der Waals surface area contributed by atoms with Gasteiger partial charge in [-0.15, -0.1) is 4.28 Å². The van der Waals surface area contributed by atoms with E-state index in [2.05, 4.69) is 15.1 Å². The molecule has 1 spiro atoms. The molecule has 0 aromatic rings. The van der Waals surface area contributed by atoms with Gasteiger partial charge in [0, 0.05) is 12.6 Å². The summed E-state index contributed by atoms with van der Waals surface area (Å²) in [6.45, 7) is 1.45. The second-order valence-electron chi connectivity index (χ2n) is 7.43. The second kappa shape index (κ2) is 6.30. The van der Waals surface area contributed by atoms with Gasteiger partial charge in [-0.05, 0) is 44.1 Å². The molecule has 1 saturated carbocycles. The number of fused-ring (bicyclic) bond motifs is 3. The van der Waals surface area contributed by atoms with E-state index >= 15 is 0 Å². The molecule has 0 aromatic carbocycles. The standard InChI is InChI=1S/C14H22N4O7S/c19-12(16-24-8-9-2-1-5-15-9)10-6-14(3-4-14)11-7-17(10)13(20)18(11)25-26(21,22)23/h9-11,15H,1-8H2,(H,16,19)(H,21,22,23). The fraction of sp³-hybridized carbons (Fsp3) is 0.857. The summed E-state index contributed by atoms with van der Waals surface area (Å²) in [7, 11) is -4.82. The van der Waals surface area contributed by atoms with E-state index < -0.39 is 34.4 Å². The van der Waals surface area contributed by atoms with Crippen LogP contribution in [0.5, 0.6) is 0 Å². The zero-order valence-corrected chi connectivity index (χ0v) is 14.9. The van der Waals surface area contributed by atoms with Gasteiger partial charge in [-0.1, -0.05) is 0 Å². The van der Waals surface area contributed by atoms with Crippen molar-refractivity contribution in [1.82, 2.24) is 20.8 Å². The number of amides is 3. The number of rotatable bonds is 6. The van der Waals surface area contributed by atoms with Crippen molar-refractivity contribution in [3.05, 3.63) is 0 Å². The van der Waals surface area contributed by atoms with Crippen LogP contribution in [0.1, 0.15) is 32.1 Å². The summed E-state index contributed by atoms with van der Waals surface area (Å²) in [4.78, 5) is 31.6. The summed E-state index contributed by atoms with van der Waals surface area (Å²) >= 11 is 0. The van der Waals surface area contributed by atoms with Crippen LogP contribution in [0.2, 0.25) is 0 Å². The van der Waals surface area contributed by atoms with Gasteiger partial charge in [0.2, 0.25) is 0 Å². The Hall–Kier alpha value is -1.47. The SMILES string of the molecule is O=C(NOCC1CCCN1)C1CC2(CC2)C2CN1C(=O)N2OS(=O)(=O)O. The molecule has 12 heteroatoms. The first-order valence-corrected chi connectivity index (χ1v) is 10.1. The van der Waals surface area contributed by atoms with Gasteiger partial charge in [0.05, 0.1) is 12.6 Å². The highest BCUT2D eigenvalue weighted by Gasteiger charge is 2.65.